The topological polar surface area (TPSA) is 41.8 Å². The maximum atomic E-state index is 13.6. The molecule has 1 aliphatic heterocycles. The van der Waals surface area contributed by atoms with E-state index < -0.39 is 5.60 Å². The number of hydrogen-bond acceptors (Lipinski definition) is 3. The number of aliphatic hydroxyl groups is 1. The number of ether oxygens (including phenoxy) is 1. The van der Waals surface area contributed by atoms with Crippen molar-refractivity contribution in [2.45, 2.75) is 46.1 Å². The molecule has 0 bridgehead atoms. The van der Waals surface area contributed by atoms with Gasteiger partial charge in [0.2, 0.25) is 0 Å². The number of benzene rings is 2. The van der Waals surface area contributed by atoms with Gasteiger partial charge in [-0.05, 0) is 54.2 Å². The first-order valence-electron chi connectivity index (χ1n) is 10.2. The second kappa shape index (κ2) is 8.50. The van der Waals surface area contributed by atoms with Crippen LogP contribution in [0.25, 0.3) is 0 Å². The van der Waals surface area contributed by atoms with Crippen LogP contribution in [0.15, 0.2) is 70.9 Å². The maximum absolute atomic E-state index is 13.6. The van der Waals surface area contributed by atoms with Crippen molar-refractivity contribution in [3.8, 4) is 5.75 Å². The van der Waals surface area contributed by atoms with Gasteiger partial charge in [-0.1, -0.05) is 58.0 Å². The number of rotatable bonds is 6. The third kappa shape index (κ3) is 4.43. The van der Waals surface area contributed by atoms with Gasteiger partial charge in [0.1, 0.15) is 23.8 Å². The Morgan fingerprint density at radius 2 is 1.62 bits per heavy atom. The summed E-state index contributed by atoms with van der Waals surface area (Å²) in [6, 6.07) is 16.0. The van der Waals surface area contributed by atoms with Crippen LogP contribution in [0.1, 0.15) is 46.1 Å². The number of para-hydroxylation sites is 1. The van der Waals surface area contributed by atoms with E-state index in [2.05, 4.69) is 13.8 Å². The molecule has 0 amide bonds. The van der Waals surface area contributed by atoms with Crippen molar-refractivity contribution in [3.05, 3.63) is 77.2 Å². The Labute approximate surface area is 173 Å². The van der Waals surface area contributed by atoms with Crippen molar-refractivity contribution in [3.63, 3.8) is 0 Å². The number of halogens is 1. The summed E-state index contributed by atoms with van der Waals surface area (Å²) in [4.78, 5) is 4.91. The van der Waals surface area contributed by atoms with Crippen molar-refractivity contribution in [1.82, 2.24) is 0 Å². The standard InChI is InChI=1S/C25H30FNO2/c1-16(2)23-21(15-29-20-9-7-6-8-10-20)22(18-11-13-19(26)14-12-18)25(5,28)24(27-23)17(3)4/h6-14,16-17,22,28H,15H2,1-5H3. The van der Waals surface area contributed by atoms with Gasteiger partial charge in [-0.25, -0.2) is 4.39 Å². The van der Waals surface area contributed by atoms with Crippen LogP contribution in [-0.4, -0.2) is 23.0 Å². The molecule has 4 heteroatoms. The summed E-state index contributed by atoms with van der Waals surface area (Å²) in [7, 11) is 0. The largest absolute Gasteiger partial charge is 0.489 e. The van der Waals surface area contributed by atoms with Crippen LogP contribution in [0.3, 0.4) is 0 Å². The first kappa shape index (κ1) is 21.3. The lowest BCUT2D eigenvalue weighted by Gasteiger charge is -2.42. The van der Waals surface area contributed by atoms with Crippen molar-refractivity contribution in [1.29, 1.82) is 0 Å². The molecule has 0 radical (unpaired) electrons. The molecule has 1 N–H and O–H groups in total. The van der Waals surface area contributed by atoms with Crippen molar-refractivity contribution in [2.24, 2.45) is 16.8 Å². The molecule has 0 saturated heterocycles. The fraction of sp³-hybridized carbons (Fsp3) is 0.400. The Hall–Kier alpha value is -2.46. The zero-order chi connectivity index (χ0) is 21.2. The fourth-order valence-electron chi connectivity index (χ4n) is 4.18. The van der Waals surface area contributed by atoms with E-state index in [1.807, 2.05) is 44.2 Å². The minimum atomic E-state index is -1.19. The van der Waals surface area contributed by atoms with E-state index in [-0.39, 0.29) is 23.6 Å². The molecule has 0 aromatic heterocycles. The van der Waals surface area contributed by atoms with Crippen LogP contribution in [-0.2, 0) is 0 Å². The number of aliphatic imine (C=N–C) groups is 1. The van der Waals surface area contributed by atoms with Gasteiger partial charge in [0.15, 0.2) is 0 Å². The van der Waals surface area contributed by atoms with Crippen LogP contribution in [0.4, 0.5) is 4.39 Å². The molecule has 0 fully saturated rings. The monoisotopic (exact) mass is 395 g/mol. The highest BCUT2D eigenvalue weighted by Crippen LogP contribution is 2.44. The minimum absolute atomic E-state index is 0.0818. The lowest BCUT2D eigenvalue weighted by molar-refractivity contribution is 0.100. The molecular weight excluding hydrogens is 365 g/mol. The summed E-state index contributed by atoms with van der Waals surface area (Å²) in [5, 5.41) is 11.6. The smallest absolute Gasteiger partial charge is 0.123 e. The molecule has 2 unspecified atom stereocenters. The second-order valence-electron chi connectivity index (χ2n) is 8.45. The van der Waals surface area contributed by atoms with E-state index in [9.17, 15) is 9.50 Å². The van der Waals surface area contributed by atoms with E-state index in [4.69, 9.17) is 9.73 Å². The molecule has 3 rings (SSSR count). The van der Waals surface area contributed by atoms with E-state index in [0.29, 0.717) is 6.61 Å². The first-order valence-corrected chi connectivity index (χ1v) is 10.2. The van der Waals surface area contributed by atoms with Crippen LogP contribution in [0.2, 0.25) is 0 Å². The van der Waals surface area contributed by atoms with Gasteiger partial charge < -0.3 is 9.84 Å². The third-order valence-electron chi connectivity index (χ3n) is 5.43. The molecule has 2 aromatic carbocycles. The SMILES string of the molecule is CC(C)C1=NC(C(C)C)=C(COc2ccccc2)C(c2ccc(F)cc2)C1(C)O. The normalized spacial score (nSPS) is 22.2. The predicted octanol–water partition coefficient (Wildman–Crippen LogP) is 5.76. The molecule has 0 saturated carbocycles. The van der Waals surface area contributed by atoms with E-state index >= 15 is 0 Å². The lowest BCUT2D eigenvalue weighted by Crippen LogP contribution is -2.48. The Bertz CT molecular complexity index is 896. The number of nitrogens with zero attached hydrogens (tertiary/aromatic N) is 1. The van der Waals surface area contributed by atoms with Crippen molar-refractivity contribution < 1.29 is 14.2 Å². The van der Waals surface area contributed by atoms with Gasteiger partial charge in [0.05, 0.1) is 5.71 Å². The lowest BCUT2D eigenvalue weighted by atomic mass is 9.70. The summed E-state index contributed by atoms with van der Waals surface area (Å²) >= 11 is 0. The summed E-state index contributed by atoms with van der Waals surface area (Å²) in [6.07, 6.45) is 0. The highest BCUT2D eigenvalue weighted by molar-refractivity contribution is 5.97. The number of hydrogen-bond donors (Lipinski definition) is 1. The molecule has 2 aromatic rings. The number of allylic oxidation sites excluding steroid dienone is 1. The minimum Gasteiger partial charge on any atom is -0.489 e. The molecule has 0 aliphatic carbocycles. The summed E-state index contributed by atoms with van der Waals surface area (Å²) in [6.45, 7) is 10.4. The quantitative estimate of drug-likeness (QED) is 0.676. The Balaban J connectivity index is 2.13. The van der Waals surface area contributed by atoms with Gasteiger partial charge in [-0.3, -0.25) is 4.99 Å². The zero-order valence-corrected chi connectivity index (χ0v) is 17.8. The predicted molar refractivity (Wildman–Crippen MR) is 116 cm³/mol. The maximum Gasteiger partial charge on any atom is 0.123 e. The highest BCUT2D eigenvalue weighted by atomic mass is 19.1. The molecule has 1 aliphatic rings. The Morgan fingerprint density at radius 1 is 1.00 bits per heavy atom. The highest BCUT2D eigenvalue weighted by Gasteiger charge is 2.45. The zero-order valence-electron chi connectivity index (χ0n) is 17.8. The molecule has 154 valence electrons. The van der Waals surface area contributed by atoms with Gasteiger partial charge >= 0.3 is 0 Å². The molecule has 1 heterocycles. The summed E-state index contributed by atoms with van der Waals surface area (Å²) in [5.74, 6) is 0.353. The molecule has 3 nitrogen and oxygen atoms in total. The van der Waals surface area contributed by atoms with E-state index in [1.54, 1.807) is 19.1 Å². The Morgan fingerprint density at radius 3 is 2.17 bits per heavy atom. The molecule has 0 spiro atoms. The van der Waals surface area contributed by atoms with Gasteiger partial charge in [-0.2, -0.15) is 0 Å². The van der Waals surface area contributed by atoms with Gasteiger partial charge in [0, 0.05) is 11.6 Å². The molecule has 29 heavy (non-hydrogen) atoms. The van der Waals surface area contributed by atoms with E-state index in [0.717, 1.165) is 28.3 Å². The first-order chi connectivity index (χ1) is 13.7. The van der Waals surface area contributed by atoms with Crippen LogP contribution in [0, 0.1) is 17.7 Å². The average Bonchev–Trinajstić information content (AvgIpc) is 2.67. The van der Waals surface area contributed by atoms with Crippen molar-refractivity contribution in [2.75, 3.05) is 6.61 Å². The molecular formula is C25H30FNO2. The van der Waals surface area contributed by atoms with E-state index in [1.165, 1.54) is 12.1 Å². The summed E-state index contributed by atoms with van der Waals surface area (Å²) < 4.78 is 19.7. The molecule has 2 atom stereocenters. The van der Waals surface area contributed by atoms with Crippen LogP contribution < -0.4 is 4.74 Å². The Kier molecular flexibility index (Phi) is 6.23. The van der Waals surface area contributed by atoms with Gasteiger partial charge in [-0.15, -0.1) is 0 Å². The van der Waals surface area contributed by atoms with Crippen molar-refractivity contribution >= 4 is 5.71 Å². The average molecular weight is 396 g/mol. The summed E-state index contributed by atoms with van der Waals surface area (Å²) in [5.41, 5.74) is 2.28. The van der Waals surface area contributed by atoms with Crippen LogP contribution in [0.5, 0.6) is 5.75 Å². The fourth-order valence-corrected chi connectivity index (χ4v) is 4.18. The van der Waals surface area contributed by atoms with Crippen LogP contribution >= 0.6 is 0 Å². The second-order valence-corrected chi connectivity index (χ2v) is 8.45. The third-order valence-corrected chi connectivity index (χ3v) is 5.43. The van der Waals surface area contributed by atoms with Gasteiger partial charge in [0.25, 0.3) is 0 Å².